The van der Waals surface area contributed by atoms with Crippen molar-refractivity contribution in [3.8, 4) is 0 Å². The van der Waals surface area contributed by atoms with E-state index >= 15 is 0 Å². The molecule has 0 aromatic carbocycles. The van der Waals surface area contributed by atoms with Crippen molar-refractivity contribution in [2.75, 3.05) is 0 Å². The molecule has 0 saturated heterocycles. The number of primary amides is 1. The summed E-state index contributed by atoms with van der Waals surface area (Å²) in [6, 6.07) is 1.79. The molecule has 0 fully saturated rings. The number of carboxylic acids is 1. The molecule has 0 radical (unpaired) electrons. The fourth-order valence-electron chi connectivity index (χ4n) is 1.04. The Balaban J connectivity index is 2.56. The lowest BCUT2D eigenvalue weighted by Gasteiger charge is -1.87. The Labute approximate surface area is 91.0 Å². The normalized spacial score (nSPS) is 10.7. The minimum absolute atomic E-state index is 0.0360. The zero-order valence-electron chi connectivity index (χ0n) is 7.97. The Morgan fingerprint density at radius 1 is 1.53 bits per heavy atom. The van der Waals surface area contributed by atoms with Crippen LogP contribution in [0, 0.1) is 0 Å². The fraction of sp³-hybridized carbons (Fsp3) is 0.200. The van der Waals surface area contributed by atoms with E-state index in [0.717, 1.165) is 10.4 Å². The minimum atomic E-state index is -0.843. The summed E-state index contributed by atoms with van der Waals surface area (Å²) in [6.45, 7) is 0. The molecule has 4 nitrogen and oxygen atoms in total. The van der Waals surface area contributed by atoms with Gasteiger partial charge < -0.3 is 10.8 Å². The number of nitrogens with two attached hydrogens (primary N) is 1. The second-order valence-electron chi connectivity index (χ2n) is 2.99. The van der Waals surface area contributed by atoms with Gasteiger partial charge in [0.15, 0.2) is 0 Å². The van der Waals surface area contributed by atoms with Gasteiger partial charge in [0, 0.05) is 11.3 Å². The van der Waals surface area contributed by atoms with Crippen molar-refractivity contribution < 1.29 is 14.7 Å². The zero-order valence-corrected chi connectivity index (χ0v) is 8.79. The standard InChI is InChI=1S/C10H11NO3S/c11-9(12)3-1-2-7-4-8(15-6-7)5-10(13)14/h1-2,4,6H,3,5H2,(H2,11,12)(H,13,14). The number of hydrogen-bond donors (Lipinski definition) is 2. The molecule has 0 atom stereocenters. The molecule has 0 bridgehead atoms. The number of thiophene rings is 1. The lowest BCUT2D eigenvalue weighted by Crippen LogP contribution is -2.07. The number of aliphatic carboxylic acids is 1. The molecule has 15 heavy (non-hydrogen) atoms. The molecule has 1 aromatic heterocycles. The number of carboxylic acid groups (broad SMARTS) is 1. The quantitative estimate of drug-likeness (QED) is 0.791. The minimum Gasteiger partial charge on any atom is -0.481 e. The second kappa shape index (κ2) is 5.31. The van der Waals surface area contributed by atoms with Gasteiger partial charge in [0.25, 0.3) is 0 Å². The highest BCUT2D eigenvalue weighted by molar-refractivity contribution is 7.10. The number of hydrogen-bond acceptors (Lipinski definition) is 3. The fourth-order valence-corrected chi connectivity index (χ4v) is 1.88. The van der Waals surface area contributed by atoms with Crippen molar-refractivity contribution in [2.45, 2.75) is 12.8 Å². The van der Waals surface area contributed by atoms with Gasteiger partial charge in [-0.15, -0.1) is 11.3 Å². The molecule has 5 heteroatoms. The summed E-state index contributed by atoms with van der Waals surface area (Å²) in [6.07, 6.45) is 3.65. The molecule has 0 aliphatic carbocycles. The molecule has 0 unspecified atom stereocenters. The average Bonchev–Trinajstić information content (AvgIpc) is 2.50. The number of amides is 1. The maximum atomic E-state index is 10.4. The SMILES string of the molecule is NC(=O)CC=Cc1csc(CC(=O)O)c1. The Hall–Kier alpha value is -1.62. The van der Waals surface area contributed by atoms with Crippen LogP contribution in [0.15, 0.2) is 17.5 Å². The van der Waals surface area contributed by atoms with E-state index in [9.17, 15) is 9.59 Å². The zero-order chi connectivity index (χ0) is 11.3. The maximum absolute atomic E-state index is 10.4. The number of rotatable bonds is 5. The van der Waals surface area contributed by atoms with Gasteiger partial charge in [-0.25, -0.2) is 0 Å². The molecule has 1 amide bonds. The third kappa shape index (κ3) is 4.42. The average molecular weight is 225 g/mol. The monoisotopic (exact) mass is 225 g/mol. The van der Waals surface area contributed by atoms with E-state index in [1.807, 2.05) is 5.38 Å². The molecule has 0 saturated carbocycles. The molecular formula is C10H11NO3S. The molecule has 1 rings (SSSR count). The lowest BCUT2D eigenvalue weighted by molar-refractivity contribution is -0.136. The van der Waals surface area contributed by atoms with Crippen LogP contribution in [0.5, 0.6) is 0 Å². The van der Waals surface area contributed by atoms with Crippen molar-refractivity contribution in [1.29, 1.82) is 0 Å². The summed E-state index contributed by atoms with van der Waals surface area (Å²) in [5.41, 5.74) is 5.86. The highest BCUT2D eigenvalue weighted by Gasteiger charge is 2.02. The van der Waals surface area contributed by atoms with Gasteiger partial charge in [-0.2, -0.15) is 0 Å². The van der Waals surface area contributed by atoms with E-state index in [1.54, 1.807) is 18.2 Å². The summed E-state index contributed by atoms with van der Waals surface area (Å²) in [5.74, 6) is -1.23. The third-order valence-electron chi connectivity index (χ3n) is 1.63. The largest absolute Gasteiger partial charge is 0.481 e. The van der Waals surface area contributed by atoms with Gasteiger partial charge in [0.05, 0.1) is 6.42 Å². The van der Waals surface area contributed by atoms with Gasteiger partial charge in [0.1, 0.15) is 0 Å². The predicted molar refractivity (Wildman–Crippen MR) is 58.5 cm³/mol. The van der Waals surface area contributed by atoms with Crippen LogP contribution in [0.2, 0.25) is 0 Å². The highest BCUT2D eigenvalue weighted by Crippen LogP contribution is 2.16. The molecule has 1 heterocycles. The second-order valence-corrected chi connectivity index (χ2v) is 3.99. The Bertz CT molecular complexity index is 395. The van der Waals surface area contributed by atoms with Crippen molar-refractivity contribution in [2.24, 2.45) is 5.73 Å². The van der Waals surface area contributed by atoms with Crippen molar-refractivity contribution in [3.63, 3.8) is 0 Å². The van der Waals surface area contributed by atoms with Crippen LogP contribution in [-0.4, -0.2) is 17.0 Å². The third-order valence-corrected chi connectivity index (χ3v) is 2.58. The summed E-state index contributed by atoms with van der Waals surface area (Å²) in [5, 5.41) is 10.4. The summed E-state index contributed by atoms with van der Waals surface area (Å²) >= 11 is 1.39. The van der Waals surface area contributed by atoms with E-state index in [4.69, 9.17) is 10.8 Å². The van der Waals surface area contributed by atoms with Gasteiger partial charge in [-0.3, -0.25) is 9.59 Å². The lowest BCUT2D eigenvalue weighted by atomic mass is 10.2. The van der Waals surface area contributed by atoms with Crippen LogP contribution >= 0.6 is 11.3 Å². The predicted octanol–water partition coefficient (Wildman–Crippen LogP) is 1.26. The van der Waals surface area contributed by atoms with Crippen LogP contribution in [-0.2, 0) is 16.0 Å². The van der Waals surface area contributed by atoms with Gasteiger partial charge in [-0.05, 0) is 17.0 Å². The van der Waals surface area contributed by atoms with Crippen LogP contribution < -0.4 is 5.73 Å². The molecule has 0 aliphatic rings. The van der Waals surface area contributed by atoms with Crippen LogP contribution in [0.4, 0.5) is 0 Å². The van der Waals surface area contributed by atoms with Gasteiger partial charge in [0.2, 0.25) is 5.91 Å². The number of carbonyl (C=O) groups is 2. The number of carbonyl (C=O) groups excluding carboxylic acids is 1. The van der Waals surface area contributed by atoms with Gasteiger partial charge in [-0.1, -0.05) is 12.2 Å². The summed E-state index contributed by atoms with van der Waals surface area (Å²) in [4.78, 5) is 21.6. The first-order valence-corrected chi connectivity index (χ1v) is 5.20. The van der Waals surface area contributed by atoms with E-state index in [2.05, 4.69) is 0 Å². The van der Waals surface area contributed by atoms with E-state index in [1.165, 1.54) is 11.3 Å². The van der Waals surface area contributed by atoms with E-state index in [0.29, 0.717) is 0 Å². The van der Waals surface area contributed by atoms with Crippen molar-refractivity contribution in [3.05, 3.63) is 28.0 Å². The molecule has 3 N–H and O–H groups in total. The van der Waals surface area contributed by atoms with E-state index < -0.39 is 5.97 Å². The Morgan fingerprint density at radius 2 is 2.27 bits per heavy atom. The van der Waals surface area contributed by atoms with Crippen molar-refractivity contribution >= 4 is 29.3 Å². The summed E-state index contributed by atoms with van der Waals surface area (Å²) < 4.78 is 0. The molecule has 1 aromatic rings. The Kier molecular flexibility index (Phi) is 4.05. The molecular weight excluding hydrogens is 214 g/mol. The van der Waals surface area contributed by atoms with Crippen molar-refractivity contribution in [1.82, 2.24) is 0 Å². The smallest absolute Gasteiger partial charge is 0.308 e. The summed E-state index contributed by atoms with van der Waals surface area (Å²) in [7, 11) is 0. The Morgan fingerprint density at radius 3 is 2.87 bits per heavy atom. The maximum Gasteiger partial charge on any atom is 0.308 e. The van der Waals surface area contributed by atoms with Crippen LogP contribution in [0.3, 0.4) is 0 Å². The molecule has 0 spiro atoms. The first kappa shape index (κ1) is 11.5. The van der Waals surface area contributed by atoms with Gasteiger partial charge >= 0.3 is 5.97 Å². The first-order chi connectivity index (χ1) is 7.08. The van der Waals surface area contributed by atoms with E-state index in [-0.39, 0.29) is 18.7 Å². The molecule has 80 valence electrons. The van der Waals surface area contributed by atoms with Crippen LogP contribution in [0.1, 0.15) is 16.9 Å². The molecule has 0 aliphatic heterocycles. The topological polar surface area (TPSA) is 80.4 Å². The highest BCUT2D eigenvalue weighted by atomic mass is 32.1. The first-order valence-electron chi connectivity index (χ1n) is 4.32. The van der Waals surface area contributed by atoms with Crippen LogP contribution in [0.25, 0.3) is 6.08 Å².